The van der Waals surface area contributed by atoms with E-state index in [1.54, 1.807) is 46.2 Å². The quantitative estimate of drug-likeness (QED) is 0.574. The lowest BCUT2D eigenvalue weighted by atomic mass is 10.1. The summed E-state index contributed by atoms with van der Waals surface area (Å²) >= 11 is 12.3. The van der Waals surface area contributed by atoms with Gasteiger partial charge < -0.3 is 19.3 Å². The van der Waals surface area contributed by atoms with Gasteiger partial charge in [-0.05, 0) is 64.1 Å². The second-order valence-electron chi connectivity index (χ2n) is 8.20. The smallest absolute Gasteiger partial charge is 0.257 e. The number of benzene rings is 2. The molecule has 8 heteroatoms. The molecule has 0 aromatic heterocycles. The number of amides is 2. The van der Waals surface area contributed by atoms with E-state index in [-0.39, 0.29) is 24.0 Å². The van der Waals surface area contributed by atoms with E-state index >= 15 is 0 Å². The van der Waals surface area contributed by atoms with Crippen LogP contribution in [-0.2, 0) is 0 Å². The lowest BCUT2D eigenvalue weighted by molar-refractivity contribution is 0.0529. The Morgan fingerprint density at radius 1 is 0.719 bits per heavy atom. The molecule has 172 valence electrons. The summed E-state index contributed by atoms with van der Waals surface area (Å²) in [6.45, 7) is 9.22. The molecule has 0 saturated carbocycles. The molecule has 0 unspecified atom stereocenters. The van der Waals surface area contributed by atoms with E-state index in [4.69, 9.17) is 32.7 Å². The summed E-state index contributed by atoms with van der Waals surface area (Å²) in [4.78, 5) is 29.8. The topological polar surface area (TPSA) is 59.1 Å². The van der Waals surface area contributed by atoms with Crippen LogP contribution in [0.5, 0.6) is 11.5 Å². The number of ether oxygens (including phenoxy) is 2. The SMILES string of the molecule is CC(C)Oc1ccc(Cl)cc1C(=O)N1CCN(C(=O)c2cc(Cl)ccc2OC(C)C)CC1. The molecule has 0 radical (unpaired) electrons. The first-order valence-electron chi connectivity index (χ1n) is 10.7. The molecule has 2 aromatic rings. The Balaban J connectivity index is 1.72. The van der Waals surface area contributed by atoms with E-state index in [1.807, 2.05) is 27.7 Å². The molecular formula is C24H28Cl2N2O4. The molecule has 3 rings (SSSR count). The molecule has 1 saturated heterocycles. The summed E-state index contributed by atoms with van der Waals surface area (Å²) in [5, 5.41) is 0.939. The van der Waals surface area contributed by atoms with E-state index in [0.29, 0.717) is 58.9 Å². The maximum Gasteiger partial charge on any atom is 0.257 e. The first-order valence-corrected chi connectivity index (χ1v) is 11.4. The van der Waals surface area contributed by atoms with Crippen molar-refractivity contribution in [1.82, 2.24) is 9.80 Å². The zero-order valence-corrected chi connectivity index (χ0v) is 20.2. The zero-order chi connectivity index (χ0) is 23.4. The second-order valence-corrected chi connectivity index (χ2v) is 9.07. The standard InChI is InChI=1S/C24H28Cl2N2O4/c1-15(2)31-21-7-5-17(25)13-19(21)23(29)27-9-11-28(12-10-27)24(30)20-14-18(26)6-8-22(20)32-16(3)4/h5-8,13-16H,9-12H2,1-4H3. The van der Waals surface area contributed by atoms with Crippen LogP contribution in [0, 0.1) is 0 Å². The number of halogens is 2. The van der Waals surface area contributed by atoms with Crippen molar-refractivity contribution in [2.45, 2.75) is 39.9 Å². The molecular weight excluding hydrogens is 451 g/mol. The molecule has 2 aromatic carbocycles. The predicted octanol–water partition coefficient (Wildman–Crippen LogP) is 5.17. The highest BCUT2D eigenvalue weighted by atomic mass is 35.5. The maximum absolute atomic E-state index is 13.2. The first-order chi connectivity index (χ1) is 15.2. The first kappa shape index (κ1) is 24.2. The minimum atomic E-state index is -0.165. The van der Waals surface area contributed by atoms with Gasteiger partial charge in [-0.1, -0.05) is 23.2 Å². The van der Waals surface area contributed by atoms with Crippen LogP contribution in [-0.4, -0.2) is 60.0 Å². The fourth-order valence-electron chi connectivity index (χ4n) is 3.51. The monoisotopic (exact) mass is 478 g/mol. The van der Waals surface area contributed by atoms with Gasteiger partial charge in [0.2, 0.25) is 0 Å². The van der Waals surface area contributed by atoms with Gasteiger partial charge >= 0.3 is 0 Å². The number of nitrogens with zero attached hydrogens (tertiary/aromatic N) is 2. The van der Waals surface area contributed by atoms with Crippen LogP contribution in [0.4, 0.5) is 0 Å². The Kier molecular flexibility index (Phi) is 7.91. The molecule has 0 N–H and O–H groups in total. The Hall–Kier alpha value is -2.44. The van der Waals surface area contributed by atoms with Crippen molar-refractivity contribution >= 4 is 35.0 Å². The highest BCUT2D eigenvalue weighted by Crippen LogP contribution is 2.28. The van der Waals surface area contributed by atoms with Crippen LogP contribution < -0.4 is 9.47 Å². The molecule has 2 amide bonds. The highest BCUT2D eigenvalue weighted by molar-refractivity contribution is 6.31. The molecule has 0 aliphatic carbocycles. The Labute approximate surface area is 199 Å². The van der Waals surface area contributed by atoms with Gasteiger partial charge in [0.05, 0.1) is 23.3 Å². The Bertz CT molecular complexity index is 906. The van der Waals surface area contributed by atoms with Gasteiger partial charge in [-0.3, -0.25) is 9.59 Å². The van der Waals surface area contributed by atoms with Crippen molar-refractivity contribution < 1.29 is 19.1 Å². The van der Waals surface area contributed by atoms with Gasteiger partial charge in [0.25, 0.3) is 11.8 Å². The minimum Gasteiger partial charge on any atom is -0.490 e. The summed E-state index contributed by atoms with van der Waals surface area (Å²) in [7, 11) is 0. The van der Waals surface area contributed by atoms with Crippen LogP contribution in [0.1, 0.15) is 48.4 Å². The van der Waals surface area contributed by atoms with Crippen molar-refractivity contribution in [3.05, 3.63) is 57.6 Å². The largest absolute Gasteiger partial charge is 0.490 e. The van der Waals surface area contributed by atoms with Crippen molar-refractivity contribution in [2.24, 2.45) is 0 Å². The van der Waals surface area contributed by atoms with Crippen LogP contribution in [0.3, 0.4) is 0 Å². The van der Waals surface area contributed by atoms with Crippen molar-refractivity contribution in [1.29, 1.82) is 0 Å². The summed E-state index contributed by atoms with van der Waals surface area (Å²) in [5.74, 6) is 0.674. The third-order valence-electron chi connectivity index (χ3n) is 4.92. The Morgan fingerprint density at radius 3 is 1.38 bits per heavy atom. The van der Waals surface area contributed by atoms with Crippen LogP contribution in [0.2, 0.25) is 10.0 Å². The van der Waals surface area contributed by atoms with E-state index in [1.165, 1.54) is 0 Å². The third-order valence-corrected chi connectivity index (χ3v) is 5.39. The summed E-state index contributed by atoms with van der Waals surface area (Å²) in [6, 6.07) is 10.1. The van der Waals surface area contributed by atoms with E-state index < -0.39 is 0 Å². The third kappa shape index (κ3) is 5.87. The normalized spacial score (nSPS) is 14.1. The molecule has 1 heterocycles. The minimum absolute atomic E-state index is 0.0721. The lowest BCUT2D eigenvalue weighted by Gasteiger charge is -2.35. The van der Waals surface area contributed by atoms with Gasteiger partial charge in [-0.15, -0.1) is 0 Å². The summed E-state index contributed by atoms with van der Waals surface area (Å²) in [6.07, 6.45) is -0.144. The molecule has 0 spiro atoms. The van der Waals surface area contributed by atoms with Gasteiger partial charge in [0.15, 0.2) is 0 Å². The van der Waals surface area contributed by atoms with E-state index in [9.17, 15) is 9.59 Å². The molecule has 32 heavy (non-hydrogen) atoms. The number of carbonyl (C=O) groups is 2. The molecule has 1 fully saturated rings. The number of carbonyl (C=O) groups excluding carboxylic acids is 2. The fourth-order valence-corrected chi connectivity index (χ4v) is 3.85. The van der Waals surface area contributed by atoms with Crippen molar-refractivity contribution in [3.63, 3.8) is 0 Å². The number of rotatable bonds is 6. The molecule has 6 nitrogen and oxygen atoms in total. The van der Waals surface area contributed by atoms with Gasteiger partial charge in [-0.25, -0.2) is 0 Å². The average molecular weight is 479 g/mol. The summed E-state index contributed by atoms with van der Waals surface area (Å²) in [5.41, 5.74) is 0.849. The summed E-state index contributed by atoms with van der Waals surface area (Å²) < 4.78 is 11.6. The van der Waals surface area contributed by atoms with Crippen LogP contribution >= 0.6 is 23.2 Å². The second kappa shape index (κ2) is 10.5. The lowest BCUT2D eigenvalue weighted by Crippen LogP contribution is -2.50. The Morgan fingerprint density at radius 2 is 1.06 bits per heavy atom. The zero-order valence-electron chi connectivity index (χ0n) is 18.7. The predicted molar refractivity (Wildman–Crippen MR) is 126 cm³/mol. The molecule has 0 atom stereocenters. The maximum atomic E-state index is 13.2. The number of piperazine rings is 1. The highest BCUT2D eigenvalue weighted by Gasteiger charge is 2.29. The van der Waals surface area contributed by atoms with Gasteiger partial charge in [0.1, 0.15) is 11.5 Å². The molecule has 1 aliphatic rings. The van der Waals surface area contributed by atoms with Crippen LogP contribution in [0.15, 0.2) is 36.4 Å². The average Bonchev–Trinajstić information content (AvgIpc) is 2.74. The van der Waals surface area contributed by atoms with E-state index in [0.717, 1.165) is 0 Å². The number of hydrogen-bond donors (Lipinski definition) is 0. The fraction of sp³-hybridized carbons (Fsp3) is 0.417. The van der Waals surface area contributed by atoms with Gasteiger partial charge in [0, 0.05) is 36.2 Å². The van der Waals surface area contributed by atoms with Crippen molar-refractivity contribution in [2.75, 3.05) is 26.2 Å². The number of hydrogen-bond acceptors (Lipinski definition) is 4. The molecule has 1 aliphatic heterocycles. The molecule has 0 bridgehead atoms. The van der Waals surface area contributed by atoms with Crippen molar-refractivity contribution in [3.8, 4) is 11.5 Å². The van der Waals surface area contributed by atoms with E-state index in [2.05, 4.69) is 0 Å². The van der Waals surface area contributed by atoms with Crippen LogP contribution in [0.25, 0.3) is 0 Å². The van der Waals surface area contributed by atoms with Gasteiger partial charge in [-0.2, -0.15) is 0 Å².